The molecular weight excluding hydrogens is 868 g/mol. The van der Waals surface area contributed by atoms with Gasteiger partial charge in [0.1, 0.15) is 66.5 Å². The summed E-state index contributed by atoms with van der Waals surface area (Å²) in [4.78, 5) is 26.8. The van der Waals surface area contributed by atoms with Gasteiger partial charge in [-0.2, -0.15) is 0 Å². The molecule has 0 radical (unpaired) electrons. The number of hydrogen-bond donors (Lipinski definition) is 11. The van der Waals surface area contributed by atoms with E-state index in [0.29, 0.717) is 32.1 Å². The Morgan fingerprint density at radius 3 is 2.02 bits per heavy atom. The zero-order chi connectivity index (χ0) is 48.4. The average Bonchev–Trinajstić information content (AvgIpc) is 3.24. The number of aliphatic carboxylic acids is 1. The fourth-order valence-corrected chi connectivity index (χ4v) is 14.9. The molecule has 8 aliphatic rings. The summed E-state index contributed by atoms with van der Waals surface area (Å²) >= 11 is 0. The van der Waals surface area contributed by atoms with Gasteiger partial charge in [0.15, 0.2) is 18.7 Å². The molecule has 3 saturated heterocycles. The standard InChI is InChI=1S/C47H74O19/c1-42(2)14-15-47(41(60)66-38-34(57)35(22(49)19-61-38)64-39-32(55)29(52)28(51)23(18-48)62-39)21(16-42)20-8-9-25-44(5)12-11-27(63-40-33(56)30(53)31(54)36(65-40)37(58)59)43(3,4)24(44)10-13-45(25,6)46(20,7)17-26(47)50/h8,21-36,38-40,48-57H,9-19H2,1-7H3,(H,58,59)/t21-,22+,23+,24-,25+,26+,27-,28+,29-,30-,31-,32+,33+,34+,35-,36-,38-,39-,40+,44-,45+,46+,47+/m0/s1. The van der Waals surface area contributed by atoms with Gasteiger partial charge in [-0.05, 0) is 103 Å². The van der Waals surface area contributed by atoms with Crippen molar-refractivity contribution >= 4 is 11.9 Å². The van der Waals surface area contributed by atoms with E-state index in [-0.39, 0.29) is 34.5 Å². The topological polar surface area (TPSA) is 312 Å². The summed E-state index contributed by atoms with van der Waals surface area (Å²) in [6.07, 6.45) is -17.3. The van der Waals surface area contributed by atoms with Crippen molar-refractivity contribution in [1.82, 2.24) is 0 Å². The number of aliphatic hydroxyl groups is 10. The van der Waals surface area contributed by atoms with E-state index in [1.54, 1.807) is 0 Å². The second kappa shape index (κ2) is 17.4. The smallest absolute Gasteiger partial charge is 0.335 e. The molecule has 7 fully saturated rings. The molecule has 0 bridgehead atoms. The minimum absolute atomic E-state index is 0.108. The zero-order valence-electron chi connectivity index (χ0n) is 39.0. The maximum atomic E-state index is 15.0. The number of carbonyl (C=O) groups excluding carboxylic acids is 1. The highest BCUT2D eigenvalue weighted by atomic mass is 16.7. The summed E-state index contributed by atoms with van der Waals surface area (Å²) in [6.45, 7) is 14.3. The maximum absolute atomic E-state index is 15.0. The Morgan fingerprint density at radius 2 is 1.36 bits per heavy atom. The average molecular weight is 943 g/mol. The molecule has 11 N–H and O–H groups in total. The second-order valence-electron chi connectivity index (χ2n) is 23.2. The number of ether oxygens (including phenoxy) is 6. The molecule has 66 heavy (non-hydrogen) atoms. The van der Waals surface area contributed by atoms with Gasteiger partial charge in [0.05, 0.1) is 25.4 Å². The third-order valence-electron chi connectivity index (χ3n) is 18.9. The first-order valence-electron chi connectivity index (χ1n) is 23.8. The number of allylic oxidation sites excluding steroid dienone is 2. The van der Waals surface area contributed by atoms with E-state index in [2.05, 4.69) is 54.5 Å². The molecule has 0 aromatic rings. The van der Waals surface area contributed by atoms with Gasteiger partial charge < -0.3 is 84.6 Å². The number of rotatable bonds is 8. The minimum Gasteiger partial charge on any atom is -0.479 e. The first-order valence-corrected chi connectivity index (χ1v) is 23.8. The molecule has 5 aliphatic carbocycles. The van der Waals surface area contributed by atoms with Crippen LogP contribution in [0.25, 0.3) is 0 Å². The van der Waals surface area contributed by atoms with Crippen molar-refractivity contribution in [3.05, 3.63) is 11.6 Å². The van der Waals surface area contributed by atoms with Crippen LogP contribution in [0.2, 0.25) is 0 Å². The number of esters is 1. The van der Waals surface area contributed by atoms with E-state index in [0.717, 1.165) is 24.8 Å². The Bertz CT molecular complexity index is 1860. The van der Waals surface area contributed by atoms with Crippen LogP contribution in [0.15, 0.2) is 11.6 Å². The summed E-state index contributed by atoms with van der Waals surface area (Å²) in [5.74, 6) is -2.42. The Balaban J connectivity index is 1.04. The summed E-state index contributed by atoms with van der Waals surface area (Å²) in [5, 5.41) is 117. The van der Waals surface area contributed by atoms with Crippen LogP contribution in [0.5, 0.6) is 0 Å². The Kier molecular flexibility index (Phi) is 13.3. The minimum atomic E-state index is -1.83. The molecule has 0 amide bonds. The van der Waals surface area contributed by atoms with E-state index in [1.807, 2.05) is 0 Å². The van der Waals surface area contributed by atoms with Crippen LogP contribution in [0.1, 0.15) is 106 Å². The maximum Gasteiger partial charge on any atom is 0.335 e. The van der Waals surface area contributed by atoms with Crippen molar-refractivity contribution in [1.29, 1.82) is 0 Å². The number of fused-ring (bicyclic) bond motifs is 7. The number of carbonyl (C=O) groups is 2. The van der Waals surface area contributed by atoms with Crippen LogP contribution in [-0.2, 0) is 38.0 Å². The molecule has 4 saturated carbocycles. The summed E-state index contributed by atoms with van der Waals surface area (Å²) in [5.41, 5.74) is -2.14. The zero-order valence-corrected chi connectivity index (χ0v) is 39.0. The summed E-state index contributed by atoms with van der Waals surface area (Å²) < 4.78 is 34.9. The second-order valence-corrected chi connectivity index (χ2v) is 23.2. The first-order chi connectivity index (χ1) is 30.7. The summed E-state index contributed by atoms with van der Waals surface area (Å²) in [6, 6.07) is 0. The quantitative estimate of drug-likeness (QED) is 0.0856. The molecule has 3 aliphatic heterocycles. The van der Waals surface area contributed by atoms with Crippen LogP contribution in [0.3, 0.4) is 0 Å². The molecule has 19 nitrogen and oxygen atoms in total. The van der Waals surface area contributed by atoms with E-state index in [4.69, 9.17) is 28.4 Å². The van der Waals surface area contributed by atoms with Crippen molar-refractivity contribution in [3.63, 3.8) is 0 Å². The van der Waals surface area contributed by atoms with Gasteiger partial charge in [-0.3, -0.25) is 4.79 Å². The predicted octanol–water partition coefficient (Wildman–Crippen LogP) is -0.157. The van der Waals surface area contributed by atoms with Crippen LogP contribution in [0.4, 0.5) is 0 Å². The molecule has 23 atom stereocenters. The van der Waals surface area contributed by atoms with E-state index in [9.17, 15) is 65.8 Å². The molecule has 19 heteroatoms. The molecule has 3 heterocycles. The van der Waals surface area contributed by atoms with E-state index in [1.165, 1.54) is 0 Å². The van der Waals surface area contributed by atoms with Crippen molar-refractivity contribution < 1.29 is 94.2 Å². The fourth-order valence-electron chi connectivity index (χ4n) is 14.9. The van der Waals surface area contributed by atoms with Gasteiger partial charge in [0.25, 0.3) is 0 Å². The molecule has 0 spiro atoms. The van der Waals surface area contributed by atoms with Gasteiger partial charge in [0, 0.05) is 0 Å². The van der Waals surface area contributed by atoms with Crippen molar-refractivity contribution in [2.24, 2.45) is 50.2 Å². The highest BCUT2D eigenvalue weighted by Crippen LogP contribution is 2.76. The number of hydrogen-bond acceptors (Lipinski definition) is 18. The Labute approximate surface area is 385 Å². The molecule has 376 valence electrons. The van der Waals surface area contributed by atoms with Crippen molar-refractivity contribution in [3.8, 4) is 0 Å². The van der Waals surface area contributed by atoms with Crippen molar-refractivity contribution in [2.75, 3.05) is 13.2 Å². The fraction of sp³-hybridized carbons (Fsp3) is 0.915. The first kappa shape index (κ1) is 50.5. The Hall–Kier alpha value is -1.92. The van der Waals surface area contributed by atoms with Crippen LogP contribution in [-0.4, -0.2) is 180 Å². The van der Waals surface area contributed by atoms with Crippen molar-refractivity contribution in [2.45, 2.75) is 204 Å². The molecular formula is C47H74O19. The number of carboxylic acid groups (broad SMARTS) is 1. The lowest BCUT2D eigenvalue weighted by atomic mass is 9.33. The highest BCUT2D eigenvalue weighted by Gasteiger charge is 2.72. The normalized spacial score (nSPS) is 53.2. The lowest BCUT2D eigenvalue weighted by molar-refractivity contribution is -0.347. The van der Waals surface area contributed by atoms with Crippen LogP contribution >= 0.6 is 0 Å². The molecule has 0 aromatic heterocycles. The summed E-state index contributed by atoms with van der Waals surface area (Å²) in [7, 11) is 0. The SMILES string of the molecule is CC1(C)CC[C@]2(C(=O)O[C@@H]3OC[C@@H](O)[C@H](O[C@@H]4O[C@H](CO)[C@@H](O)[C@H](O)[C@H]4O)[C@H]3O)[C@H](O)C[C@]3(C)C(=CC[C@@H]4[C@@]5(C)CC[C@H](O[C@@H]6O[C@H](C(=O)O)[C@@H](O)[C@H](O)[C@H]6O)C(C)(C)[C@@H]5CC[C@]43C)[C@@H]2C1. The lowest BCUT2D eigenvalue weighted by Crippen LogP contribution is -2.68. The van der Waals surface area contributed by atoms with Crippen LogP contribution < -0.4 is 0 Å². The molecule has 0 unspecified atom stereocenters. The van der Waals surface area contributed by atoms with E-state index >= 15 is 0 Å². The van der Waals surface area contributed by atoms with Gasteiger partial charge in [-0.15, -0.1) is 0 Å². The third kappa shape index (κ3) is 7.64. The number of carboxylic acids is 1. The molecule has 0 aromatic carbocycles. The monoisotopic (exact) mass is 942 g/mol. The van der Waals surface area contributed by atoms with Crippen LogP contribution in [0, 0.1) is 50.2 Å². The van der Waals surface area contributed by atoms with Gasteiger partial charge in [0.2, 0.25) is 6.29 Å². The molecule has 8 rings (SSSR count). The predicted molar refractivity (Wildman–Crippen MR) is 226 cm³/mol. The lowest BCUT2D eigenvalue weighted by Gasteiger charge is -2.71. The largest absolute Gasteiger partial charge is 0.479 e. The Morgan fingerprint density at radius 1 is 0.712 bits per heavy atom. The van der Waals surface area contributed by atoms with E-state index < -0.39 is 146 Å². The van der Waals surface area contributed by atoms with Gasteiger partial charge in [-0.1, -0.05) is 60.1 Å². The number of aliphatic hydroxyl groups excluding tert-OH is 10. The highest BCUT2D eigenvalue weighted by molar-refractivity contribution is 5.80. The van der Waals surface area contributed by atoms with Gasteiger partial charge in [-0.25, -0.2) is 4.79 Å². The van der Waals surface area contributed by atoms with Gasteiger partial charge >= 0.3 is 11.9 Å². The third-order valence-corrected chi connectivity index (χ3v) is 18.9.